The Morgan fingerprint density at radius 3 is 2.12 bits per heavy atom. The van der Waals surface area contributed by atoms with Crippen molar-refractivity contribution < 1.29 is 18.0 Å². The molecular formula is C31H38ClN3O4S. The van der Waals surface area contributed by atoms with Crippen LogP contribution in [0.1, 0.15) is 50.8 Å². The number of halogens is 1. The fraction of sp³-hybridized carbons (Fsp3) is 0.355. The summed E-state index contributed by atoms with van der Waals surface area (Å²) >= 11 is 6.17. The number of nitrogens with one attached hydrogen (secondary N) is 1. The third kappa shape index (κ3) is 7.64. The second kappa shape index (κ2) is 12.9. The van der Waals surface area contributed by atoms with E-state index in [0.29, 0.717) is 22.7 Å². The Labute approximate surface area is 243 Å². The first-order valence-electron chi connectivity index (χ1n) is 13.2. The van der Waals surface area contributed by atoms with Crippen molar-refractivity contribution in [3.8, 4) is 0 Å². The minimum Gasteiger partial charge on any atom is -0.350 e. The van der Waals surface area contributed by atoms with E-state index in [1.807, 2.05) is 58.9 Å². The Morgan fingerprint density at radius 2 is 1.55 bits per heavy atom. The van der Waals surface area contributed by atoms with Gasteiger partial charge in [0.15, 0.2) is 0 Å². The summed E-state index contributed by atoms with van der Waals surface area (Å²) in [7, 11) is -4.14. The monoisotopic (exact) mass is 583 g/mol. The number of sulfonamides is 1. The Balaban J connectivity index is 2.11. The first-order chi connectivity index (χ1) is 18.7. The highest BCUT2D eigenvalue weighted by Gasteiger charge is 2.35. The molecule has 0 unspecified atom stereocenters. The molecule has 9 heteroatoms. The van der Waals surface area contributed by atoms with Crippen LogP contribution in [0.2, 0.25) is 5.02 Å². The van der Waals surface area contributed by atoms with Gasteiger partial charge in [-0.05, 0) is 88.1 Å². The number of carbonyl (C=O) groups is 2. The summed E-state index contributed by atoms with van der Waals surface area (Å²) in [6.07, 6.45) is 0.352. The molecule has 0 fully saturated rings. The summed E-state index contributed by atoms with van der Waals surface area (Å²) in [6.45, 7) is 10.8. The van der Waals surface area contributed by atoms with Crippen molar-refractivity contribution in [3.05, 3.63) is 94.5 Å². The van der Waals surface area contributed by atoms with Gasteiger partial charge in [-0.25, -0.2) is 8.42 Å². The number of hydrogen-bond donors (Lipinski definition) is 1. The molecule has 0 bridgehead atoms. The molecule has 2 amide bonds. The van der Waals surface area contributed by atoms with Crippen LogP contribution in [0.5, 0.6) is 0 Å². The maximum Gasteiger partial charge on any atom is 0.264 e. The molecule has 1 atom stereocenters. The number of nitrogens with zero attached hydrogens (tertiary/aromatic N) is 2. The molecule has 40 heavy (non-hydrogen) atoms. The molecule has 3 aromatic rings. The van der Waals surface area contributed by atoms with E-state index >= 15 is 0 Å². The highest BCUT2D eigenvalue weighted by molar-refractivity contribution is 7.92. The Morgan fingerprint density at radius 1 is 0.925 bits per heavy atom. The Kier molecular flexibility index (Phi) is 10.0. The van der Waals surface area contributed by atoms with E-state index < -0.39 is 34.1 Å². The van der Waals surface area contributed by atoms with E-state index in [2.05, 4.69) is 5.32 Å². The molecule has 0 aliphatic rings. The van der Waals surface area contributed by atoms with Crippen LogP contribution < -0.4 is 9.62 Å². The maximum absolute atomic E-state index is 14.2. The van der Waals surface area contributed by atoms with Gasteiger partial charge in [-0.15, -0.1) is 0 Å². The molecule has 1 N–H and O–H groups in total. The average molecular weight is 584 g/mol. The summed E-state index contributed by atoms with van der Waals surface area (Å²) in [5.74, 6) is -0.787. The van der Waals surface area contributed by atoms with Crippen LogP contribution in [-0.2, 0) is 26.2 Å². The molecule has 7 nitrogen and oxygen atoms in total. The number of amides is 2. The standard InChI is InChI=1S/C31H38ClN3O4S/c1-7-27(30(37)33-31(4,5)6)34(20-24-14-12-11-13-22(24)2)29(36)21-35(28-18-17-25(32)19-23(28)3)40(38,39)26-15-9-8-10-16-26/h8-19,27H,7,20-21H2,1-6H3,(H,33,37)/t27-/m0/s1. The molecule has 0 saturated heterocycles. The van der Waals surface area contributed by atoms with E-state index in [4.69, 9.17) is 11.6 Å². The van der Waals surface area contributed by atoms with Crippen LogP contribution in [0.3, 0.4) is 0 Å². The SMILES string of the molecule is CC[C@@H](C(=O)NC(C)(C)C)N(Cc1ccccc1C)C(=O)CN(c1ccc(Cl)cc1C)S(=O)(=O)c1ccccc1. The van der Waals surface area contributed by atoms with Crippen molar-refractivity contribution >= 4 is 39.1 Å². The zero-order chi connectivity index (χ0) is 29.7. The van der Waals surface area contributed by atoms with E-state index in [1.54, 1.807) is 43.3 Å². The lowest BCUT2D eigenvalue weighted by Crippen LogP contribution is -2.55. The molecule has 0 aliphatic heterocycles. The Bertz CT molecular complexity index is 1450. The largest absolute Gasteiger partial charge is 0.350 e. The fourth-order valence-electron chi connectivity index (χ4n) is 4.48. The van der Waals surface area contributed by atoms with Gasteiger partial charge in [0, 0.05) is 17.1 Å². The molecule has 3 aromatic carbocycles. The van der Waals surface area contributed by atoms with E-state index in [-0.39, 0.29) is 17.3 Å². The van der Waals surface area contributed by atoms with Gasteiger partial charge in [-0.3, -0.25) is 13.9 Å². The van der Waals surface area contributed by atoms with Crippen molar-refractivity contribution in [2.45, 2.75) is 71.0 Å². The predicted octanol–water partition coefficient (Wildman–Crippen LogP) is 5.87. The van der Waals surface area contributed by atoms with Crippen molar-refractivity contribution in [1.29, 1.82) is 0 Å². The summed E-state index contributed by atoms with van der Waals surface area (Å²) in [5, 5.41) is 3.44. The zero-order valence-electron chi connectivity index (χ0n) is 23.9. The highest BCUT2D eigenvalue weighted by atomic mass is 35.5. The van der Waals surface area contributed by atoms with Crippen molar-refractivity contribution in [2.75, 3.05) is 10.8 Å². The van der Waals surface area contributed by atoms with Crippen molar-refractivity contribution in [2.24, 2.45) is 0 Å². The normalized spacial score (nSPS) is 12.5. The minimum absolute atomic E-state index is 0.0557. The second-order valence-corrected chi connectivity index (χ2v) is 13.2. The molecule has 0 spiro atoms. The van der Waals surface area contributed by atoms with Gasteiger partial charge >= 0.3 is 0 Å². The summed E-state index contributed by atoms with van der Waals surface area (Å²) in [6, 6.07) is 19.7. The van der Waals surface area contributed by atoms with Crippen LogP contribution in [0.25, 0.3) is 0 Å². The maximum atomic E-state index is 14.2. The van der Waals surface area contributed by atoms with Crippen LogP contribution in [0.4, 0.5) is 5.69 Å². The smallest absolute Gasteiger partial charge is 0.264 e. The number of rotatable bonds is 10. The van der Waals surface area contributed by atoms with Crippen molar-refractivity contribution in [1.82, 2.24) is 10.2 Å². The average Bonchev–Trinajstić information content (AvgIpc) is 2.88. The van der Waals surface area contributed by atoms with Gasteiger partial charge in [-0.1, -0.05) is 61.0 Å². The molecule has 0 aromatic heterocycles. The molecule has 0 heterocycles. The van der Waals surface area contributed by atoms with Crippen LogP contribution in [0, 0.1) is 13.8 Å². The van der Waals surface area contributed by atoms with Gasteiger partial charge < -0.3 is 10.2 Å². The van der Waals surface area contributed by atoms with Crippen molar-refractivity contribution in [3.63, 3.8) is 0 Å². The van der Waals surface area contributed by atoms with Gasteiger partial charge in [0.1, 0.15) is 12.6 Å². The first kappa shape index (κ1) is 31.2. The molecule has 0 saturated carbocycles. The van der Waals surface area contributed by atoms with Gasteiger partial charge in [-0.2, -0.15) is 0 Å². The molecule has 0 aliphatic carbocycles. The molecule has 3 rings (SSSR count). The second-order valence-electron chi connectivity index (χ2n) is 10.9. The molecule has 0 radical (unpaired) electrons. The summed E-state index contributed by atoms with van der Waals surface area (Å²) in [4.78, 5) is 29.2. The summed E-state index contributed by atoms with van der Waals surface area (Å²) in [5.41, 5.74) is 2.27. The van der Waals surface area contributed by atoms with E-state index in [0.717, 1.165) is 15.4 Å². The number of carbonyl (C=O) groups excluding carboxylic acids is 2. The number of benzene rings is 3. The minimum atomic E-state index is -4.14. The van der Waals surface area contributed by atoms with Gasteiger partial charge in [0.05, 0.1) is 10.6 Å². The lowest BCUT2D eigenvalue weighted by molar-refractivity contribution is -0.141. The topological polar surface area (TPSA) is 86.8 Å². The highest BCUT2D eigenvalue weighted by Crippen LogP contribution is 2.29. The first-order valence-corrected chi connectivity index (χ1v) is 15.1. The third-order valence-electron chi connectivity index (χ3n) is 6.52. The zero-order valence-corrected chi connectivity index (χ0v) is 25.5. The predicted molar refractivity (Wildman–Crippen MR) is 161 cm³/mol. The third-order valence-corrected chi connectivity index (χ3v) is 8.53. The lowest BCUT2D eigenvalue weighted by Gasteiger charge is -2.35. The van der Waals surface area contributed by atoms with Crippen LogP contribution in [0.15, 0.2) is 77.7 Å². The van der Waals surface area contributed by atoms with Gasteiger partial charge in [0.25, 0.3) is 10.0 Å². The van der Waals surface area contributed by atoms with E-state index in [9.17, 15) is 18.0 Å². The fourth-order valence-corrected chi connectivity index (χ4v) is 6.20. The number of anilines is 1. The van der Waals surface area contributed by atoms with Crippen LogP contribution in [-0.4, -0.2) is 43.3 Å². The Hall–Kier alpha value is -3.36. The molecule has 214 valence electrons. The summed E-state index contributed by atoms with van der Waals surface area (Å²) < 4.78 is 29.0. The lowest BCUT2D eigenvalue weighted by atomic mass is 10.0. The quantitative estimate of drug-likeness (QED) is 0.323. The molecular weight excluding hydrogens is 546 g/mol. The van der Waals surface area contributed by atoms with Gasteiger partial charge in [0.2, 0.25) is 11.8 Å². The number of aryl methyl sites for hydroxylation is 2. The number of hydrogen-bond acceptors (Lipinski definition) is 4. The van der Waals surface area contributed by atoms with Crippen LogP contribution >= 0.6 is 11.6 Å². The van der Waals surface area contributed by atoms with E-state index in [1.165, 1.54) is 17.0 Å².